The summed E-state index contributed by atoms with van der Waals surface area (Å²) in [6, 6.07) is -8.08. The molecular formula is C95H151ClF2N16O16. The zero-order valence-corrected chi connectivity index (χ0v) is 81.2. The number of likely N-dealkylation sites (N-methyl/N-ethyl adjacent to an activating group) is 7. The molecule has 2 fully saturated rings. The van der Waals surface area contributed by atoms with Gasteiger partial charge in [0.25, 0.3) is 0 Å². The van der Waals surface area contributed by atoms with Crippen molar-refractivity contribution in [2.75, 3.05) is 93.5 Å². The Hall–Kier alpha value is -9.99. The number of halogens is 3. The van der Waals surface area contributed by atoms with Crippen molar-refractivity contribution in [2.45, 2.75) is 294 Å². The fourth-order valence-corrected chi connectivity index (χ4v) is 16.9. The Kier molecular flexibility index (Phi) is 45.2. The van der Waals surface area contributed by atoms with E-state index in [-0.39, 0.29) is 140 Å². The number of phenolic OH excluding ortho intramolecular Hbond substituents is 1. The molecule has 0 unspecified atom stereocenters. The highest BCUT2D eigenvalue weighted by Gasteiger charge is 2.47. The van der Waals surface area contributed by atoms with Crippen molar-refractivity contribution in [2.24, 2.45) is 41.4 Å². The van der Waals surface area contributed by atoms with Gasteiger partial charge in [-0.05, 0) is 144 Å². The molecule has 1 aromatic heterocycles. The molecule has 0 bridgehead atoms. The number of phenols is 1. The molecule has 12 atom stereocenters. The van der Waals surface area contributed by atoms with Gasteiger partial charge in [0.05, 0.1) is 23.2 Å². The molecule has 0 radical (unpaired) electrons. The Morgan fingerprint density at radius 1 is 0.569 bits per heavy atom. The van der Waals surface area contributed by atoms with Gasteiger partial charge in [-0.15, -0.1) is 0 Å². The van der Waals surface area contributed by atoms with Crippen LogP contribution in [0.15, 0.2) is 36.9 Å². The minimum Gasteiger partial charge on any atom is -0.507 e. The molecule has 0 spiro atoms. The van der Waals surface area contributed by atoms with Crippen LogP contribution in [0, 0.1) is 53.1 Å². The summed E-state index contributed by atoms with van der Waals surface area (Å²) < 4.78 is 32.0. The Labute approximate surface area is 774 Å². The van der Waals surface area contributed by atoms with Gasteiger partial charge >= 0.3 is 0 Å². The van der Waals surface area contributed by atoms with Crippen molar-refractivity contribution < 1.29 is 86.1 Å². The molecule has 0 saturated carbocycles. The number of aliphatic hydroxyl groups is 1. The predicted molar refractivity (Wildman–Crippen MR) is 499 cm³/mol. The monoisotopic (exact) mass is 1850 g/mol. The number of anilines is 1. The van der Waals surface area contributed by atoms with E-state index in [0.29, 0.717) is 64.2 Å². The summed E-state index contributed by atoms with van der Waals surface area (Å²) >= 11 is 6.65. The second-order valence-electron chi connectivity index (χ2n) is 37.5. The summed E-state index contributed by atoms with van der Waals surface area (Å²) in [6.07, 6.45) is 4.87. The number of nitrogens with one attached hydrogen (secondary N) is 5. The highest BCUT2D eigenvalue weighted by atomic mass is 35.5. The molecule has 3 heterocycles. The first-order valence-corrected chi connectivity index (χ1v) is 46.2. The van der Waals surface area contributed by atoms with E-state index in [4.69, 9.17) is 16.6 Å². The van der Waals surface area contributed by atoms with Gasteiger partial charge in [-0.2, -0.15) is 0 Å². The van der Waals surface area contributed by atoms with Crippen LogP contribution in [-0.2, 0) is 73.5 Å². The van der Waals surface area contributed by atoms with Crippen LogP contribution in [0.3, 0.4) is 0 Å². The molecule has 32 nitrogen and oxygen atoms in total. The van der Waals surface area contributed by atoms with E-state index in [0.717, 1.165) is 35.1 Å². The molecule has 130 heavy (non-hydrogen) atoms. The third-order valence-corrected chi connectivity index (χ3v) is 24.7. The zero-order valence-electron chi connectivity index (χ0n) is 80.4. The number of hydrogen-bond donors (Lipinski definition) is 7. The smallest absolute Gasteiger partial charge is 0.246 e. The molecule has 0 aliphatic carbocycles. The van der Waals surface area contributed by atoms with Crippen LogP contribution in [0.2, 0.25) is 5.02 Å². The van der Waals surface area contributed by atoms with Crippen molar-refractivity contribution in [3.8, 4) is 16.9 Å². The van der Waals surface area contributed by atoms with Gasteiger partial charge in [0, 0.05) is 119 Å². The Bertz CT molecular complexity index is 4390. The molecule has 2 saturated heterocycles. The van der Waals surface area contributed by atoms with Gasteiger partial charge in [-0.25, -0.2) is 18.7 Å². The maximum absolute atomic E-state index is 16.7. The number of carbonyl (C=O) groups excluding carboxylic acids is 14. The van der Waals surface area contributed by atoms with Crippen LogP contribution in [0.5, 0.6) is 5.75 Å². The molecular weight excluding hydrogens is 1690 g/mol. The summed E-state index contributed by atoms with van der Waals surface area (Å²) in [5, 5.41) is 37.3. The summed E-state index contributed by atoms with van der Waals surface area (Å²) in [4.78, 5) is 223. The number of amides is 13. The van der Waals surface area contributed by atoms with Crippen molar-refractivity contribution in [3.63, 3.8) is 0 Å². The number of hydrogen-bond acceptors (Lipinski definition) is 19. The predicted octanol–water partition coefficient (Wildman–Crippen LogP) is 9.24. The zero-order chi connectivity index (χ0) is 97.2. The molecule has 2 aliphatic rings. The van der Waals surface area contributed by atoms with E-state index in [9.17, 15) is 58.2 Å². The molecule has 2 aliphatic heterocycles. The number of Topliss-reactive ketones (excluding diaryl/α,β-unsaturated/α-hetero) is 1. The number of fused-ring (bicyclic) bond motifs is 1. The lowest BCUT2D eigenvalue weighted by molar-refractivity contribution is -0.157. The third-order valence-electron chi connectivity index (χ3n) is 24.4. The van der Waals surface area contributed by atoms with Gasteiger partial charge < -0.3 is 80.9 Å². The lowest BCUT2D eigenvalue weighted by Gasteiger charge is -2.41. The lowest BCUT2D eigenvalue weighted by Crippen LogP contribution is -2.63. The molecule has 7 N–H and O–H groups in total. The lowest BCUT2D eigenvalue weighted by atomic mass is 9.90. The van der Waals surface area contributed by atoms with Crippen LogP contribution in [0.4, 0.5) is 14.6 Å². The van der Waals surface area contributed by atoms with Crippen molar-refractivity contribution in [1.29, 1.82) is 0 Å². The molecule has 3 aromatic rings. The largest absolute Gasteiger partial charge is 0.507 e. The number of ketones is 1. The Morgan fingerprint density at radius 2 is 1.08 bits per heavy atom. The van der Waals surface area contributed by atoms with E-state index in [1.54, 1.807) is 46.4 Å². The SMILES string of the molecule is C.C=CC(=O)N1CCN(c2nc(CCCC(=O)CCCCCCCNC(=O)CCC[C@@H](C)[C@@H](O)[C@H]3C(=O)N[C@@H](CC)C(=O)N(C)CC(=O)N(C)[C@@H](CC(C)C)C(=O)N[C@@H](C(C)C)C(=O)N(C)[C@@H](CC(C)C)C(=O)N[C@@H](C)C(=O)N[C@H](C)C(=O)N(C)[C@@H](CC(C)C)C(=O)N(C)[C@@H](CC(C)C)C(=O)N(C)[C@@H](C(C)C)C(=O)N3C)nc3c(F)c(-c4c(O)cccc4F)c(Cl)cc23)CC1. The number of aliphatic hydroxyl groups excluding tert-OH is 1. The third kappa shape index (κ3) is 30.8. The van der Waals surface area contributed by atoms with Crippen molar-refractivity contribution in [1.82, 2.24) is 75.8 Å². The van der Waals surface area contributed by atoms with Crippen LogP contribution in [0.25, 0.3) is 22.0 Å². The van der Waals surface area contributed by atoms with Crippen molar-refractivity contribution >= 4 is 111 Å². The maximum atomic E-state index is 16.7. The number of carbonyl (C=O) groups is 14. The van der Waals surface area contributed by atoms with Gasteiger partial charge in [0.15, 0.2) is 5.82 Å². The van der Waals surface area contributed by atoms with Crippen LogP contribution in [-0.4, -0.2) is 297 Å². The summed E-state index contributed by atoms with van der Waals surface area (Å²) in [5.41, 5.74) is -0.936. The average molecular weight is 1850 g/mol. The number of aryl methyl sites for hydroxylation is 1. The van der Waals surface area contributed by atoms with Gasteiger partial charge in [-0.3, -0.25) is 67.1 Å². The second kappa shape index (κ2) is 52.3. The highest BCUT2D eigenvalue weighted by molar-refractivity contribution is 6.34. The van der Waals surface area contributed by atoms with Gasteiger partial charge in [0.1, 0.15) is 94.9 Å². The number of piperazine rings is 1. The number of aromatic hydroxyl groups is 1. The van der Waals surface area contributed by atoms with E-state index in [1.807, 2.05) is 60.3 Å². The molecule has 2 aromatic carbocycles. The van der Waals surface area contributed by atoms with Crippen LogP contribution < -0.4 is 31.5 Å². The molecule has 5 rings (SSSR count). The van der Waals surface area contributed by atoms with Crippen LogP contribution >= 0.6 is 11.6 Å². The summed E-state index contributed by atoms with van der Waals surface area (Å²) in [6.45, 7) is 32.3. The number of nitrogens with zero attached hydrogens (tertiary/aromatic N) is 11. The fraction of sp³-hybridized carbons (Fsp3) is 0.684. The van der Waals surface area contributed by atoms with Crippen molar-refractivity contribution in [3.05, 3.63) is 59.4 Å². The van der Waals surface area contributed by atoms with Gasteiger partial charge in [0.2, 0.25) is 76.8 Å². The van der Waals surface area contributed by atoms with E-state index >= 15 is 28.0 Å². The first-order chi connectivity index (χ1) is 60.4. The van der Waals surface area contributed by atoms with E-state index in [1.165, 1.54) is 112 Å². The normalized spacial score (nSPS) is 22.2. The summed E-state index contributed by atoms with van der Waals surface area (Å²) in [7, 11) is 9.70. The Morgan fingerprint density at radius 3 is 1.64 bits per heavy atom. The number of rotatable bonds is 32. The van der Waals surface area contributed by atoms with Gasteiger partial charge in [-0.1, -0.05) is 148 Å². The topological polar surface area (TPSA) is 395 Å². The fourth-order valence-electron chi connectivity index (χ4n) is 16.6. The first-order valence-electron chi connectivity index (χ1n) is 45.8. The Balaban J connectivity index is 0.0000354. The minimum atomic E-state index is -1.77. The standard InChI is InChI=1S/C94H147ClF2N16O16.CH4/c1-25-66-90(125)105(18)52-75(118)106(19)67(47-53(3)4)87(122)104-79(57(11)12)93(128)107(20)68(48-54(5)6)86(121)99-60(16)85(120)100-61(17)89(124)108(21)69(49-55(7)8)91(126)109(22)70(50-56(9)10)92(127)110(23)81(58(13)14)94(129)111(24)82(88(123)101-66)83(119)59(15)35-32-41-73(116)98-42-31-29-27-28-30-36-62(114)37-33-40-72-102-80-63(84(103-72)113-45-43-112(44-46-113)74(117)26-2)51-64(95)76(78(80)97)77-65(96)38-34-39-71(77)115;/h26,34,38-39,51,53-61,66-70,79,81-83,115,119H,2,25,27-33,35-37,40-50,52H2,1,3-24H3,(H,98,116)(H,99,121)(H,100,120)(H,101,123)(H,104,122);1H4/t59-,60+,61-,66+,67+,68+,69+,70+,79+,81+,82+,83-;/m1./s1. The highest BCUT2D eigenvalue weighted by Crippen LogP contribution is 2.43. The van der Waals surface area contributed by atoms with E-state index < -0.39 is 179 Å². The number of unbranched alkanes of at least 4 members (excludes halogenated alkanes) is 4. The molecule has 35 heteroatoms. The summed E-state index contributed by atoms with van der Waals surface area (Å²) in [5.74, 6) is -13.1. The van der Waals surface area contributed by atoms with E-state index in [2.05, 4.69) is 38.1 Å². The first kappa shape index (κ1) is 112. The van der Waals surface area contributed by atoms with Crippen LogP contribution in [0.1, 0.15) is 227 Å². The number of benzene rings is 2. The average Bonchev–Trinajstić information content (AvgIpc) is 0.745. The quantitative estimate of drug-likeness (QED) is 0.0226. The second-order valence-corrected chi connectivity index (χ2v) is 37.9. The molecule has 13 amide bonds. The number of aromatic nitrogens is 2. The minimum absolute atomic E-state index is 0. The maximum Gasteiger partial charge on any atom is 0.246 e. The molecule has 728 valence electrons.